The summed E-state index contributed by atoms with van der Waals surface area (Å²) in [6, 6.07) is 9.62. The Balaban J connectivity index is 1.55. The largest absolute Gasteiger partial charge is 0.378 e. The van der Waals surface area contributed by atoms with Crippen molar-refractivity contribution >= 4 is 41.2 Å². The SMILES string of the molecule is [B]C([B])([B])N1C(=O)[C@@H](NC(=O)n2cc(Cc3ccc(F)cc3)cn2)CCc2ccc(C#CC(C)(C)O)cc21. The molecule has 0 unspecified atom stereocenters. The Morgan fingerprint density at radius 1 is 1.18 bits per heavy atom. The number of amides is 2. The Bertz CT molecular complexity index is 1420. The second kappa shape index (κ2) is 10.5. The van der Waals surface area contributed by atoms with Crippen LogP contribution in [0.25, 0.3) is 0 Å². The number of benzene rings is 2. The van der Waals surface area contributed by atoms with E-state index in [-0.39, 0.29) is 12.2 Å². The first-order valence-electron chi connectivity index (χ1n) is 12.0. The topological polar surface area (TPSA) is 87.5 Å². The van der Waals surface area contributed by atoms with Gasteiger partial charge in [-0.15, -0.1) is 0 Å². The number of nitrogens with one attached hydrogen (secondary N) is 1. The van der Waals surface area contributed by atoms with Gasteiger partial charge >= 0.3 is 6.03 Å². The van der Waals surface area contributed by atoms with Crippen LogP contribution in [0.15, 0.2) is 54.9 Å². The first-order chi connectivity index (χ1) is 17.8. The van der Waals surface area contributed by atoms with Gasteiger partial charge in [0.2, 0.25) is 5.91 Å². The molecule has 38 heavy (non-hydrogen) atoms. The lowest BCUT2D eigenvalue weighted by Crippen LogP contribution is -2.59. The van der Waals surface area contributed by atoms with Gasteiger partial charge in [-0.3, -0.25) is 4.79 Å². The highest BCUT2D eigenvalue weighted by Gasteiger charge is 2.36. The van der Waals surface area contributed by atoms with Crippen LogP contribution in [0.4, 0.5) is 14.9 Å². The number of rotatable bonds is 4. The molecule has 1 aliphatic rings. The van der Waals surface area contributed by atoms with Crippen molar-refractivity contribution in [2.45, 2.75) is 50.0 Å². The zero-order valence-corrected chi connectivity index (χ0v) is 21.1. The molecule has 7 nitrogen and oxygen atoms in total. The molecule has 2 aromatic carbocycles. The molecule has 1 aromatic heterocycles. The third kappa shape index (κ3) is 6.56. The Morgan fingerprint density at radius 3 is 2.55 bits per heavy atom. The minimum atomic E-state index is -2.06. The van der Waals surface area contributed by atoms with Crippen molar-refractivity contribution in [1.82, 2.24) is 15.1 Å². The van der Waals surface area contributed by atoms with Gasteiger partial charge in [-0.1, -0.05) is 35.3 Å². The van der Waals surface area contributed by atoms with Crippen LogP contribution in [0, 0.1) is 17.7 Å². The maximum atomic E-state index is 13.6. The molecule has 2 amide bonds. The Labute approximate surface area is 225 Å². The minimum absolute atomic E-state index is 0.266. The highest BCUT2D eigenvalue weighted by Crippen LogP contribution is 2.31. The van der Waals surface area contributed by atoms with E-state index in [0.29, 0.717) is 24.1 Å². The normalized spacial score (nSPS) is 15.7. The summed E-state index contributed by atoms with van der Waals surface area (Å²) in [5, 5.41) is 14.7. The zero-order valence-electron chi connectivity index (χ0n) is 21.1. The fourth-order valence-electron chi connectivity index (χ4n) is 4.13. The molecular weight excluding hydrogens is 480 g/mol. The van der Waals surface area contributed by atoms with Crippen molar-refractivity contribution in [2.24, 2.45) is 0 Å². The lowest BCUT2D eigenvalue weighted by Gasteiger charge is -2.39. The van der Waals surface area contributed by atoms with E-state index in [0.717, 1.165) is 26.3 Å². The summed E-state index contributed by atoms with van der Waals surface area (Å²) in [5.74, 6) is 4.67. The van der Waals surface area contributed by atoms with Gasteiger partial charge in [0, 0.05) is 23.9 Å². The van der Waals surface area contributed by atoms with E-state index in [1.54, 1.807) is 50.4 Å². The van der Waals surface area contributed by atoms with Crippen molar-refractivity contribution in [3.05, 3.63) is 82.9 Å². The van der Waals surface area contributed by atoms with Crippen molar-refractivity contribution < 1.29 is 19.1 Å². The number of nitrogens with zero attached hydrogens (tertiary/aromatic N) is 3. The van der Waals surface area contributed by atoms with Gasteiger partial charge in [0.25, 0.3) is 0 Å². The molecule has 0 aliphatic carbocycles. The molecule has 6 radical (unpaired) electrons. The molecule has 1 atom stereocenters. The Kier molecular flexibility index (Phi) is 7.57. The van der Waals surface area contributed by atoms with Crippen LogP contribution < -0.4 is 10.2 Å². The average molecular weight is 504 g/mol. The third-order valence-electron chi connectivity index (χ3n) is 5.91. The number of fused-ring (bicyclic) bond motifs is 1. The molecular formula is C27H24B3FN4O3. The molecule has 3 aromatic rings. The maximum absolute atomic E-state index is 13.6. The van der Waals surface area contributed by atoms with Crippen LogP contribution in [0.5, 0.6) is 0 Å². The molecule has 2 heterocycles. The highest BCUT2D eigenvalue weighted by atomic mass is 19.1. The summed E-state index contributed by atoms with van der Waals surface area (Å²) in [7, 11) is 18.0. The zero-order chi connectivity index (χ0) is 27.7. The van der Waals surface area contributed by atoms with Crippen LogP contribution in [-0.4, -0.2) is 67.2 Å². The van der Waals surface area contributed by atoms with Crippen molar-refractivity contribution in [1.29, 1.82) is 0 Å². The van der Waals surface area contributed by atoms with Crippen molar-refractivity contribution in [2.75, 3.05) is 4.90 Å². The van der Waals surface area contributed by atoms with Gasteiger partial charge in [0.1, 0.15) is 17.5 Å². The second-order valence-electron chi connectivity index (χ2n) is 9.85. The smallest absolute Gasteiger partial charge is 0.342 e. The quantitative estimate of drug-likeness (QED) is 0.419. The van der Waals surface area contributed by atoms with E-state index in [1.165, 1.54) is 18.3 Å². The number of aromatic nitrogens is 2. The van der Waals surface area contributed by atoms with E-state index in [9.17, 15) is 19.1 Å². The summed E-state index contributed by atoms with van der Waals surface area (Å²) in [4.78, 5) is 27.6. The van der Waals surface area contributed by atoms with Crippen LogP contribution in [0.2, 0.25) is 0 Å². The van der Waals surface area contributed by atoms with Gasteiger partial charge < -0.3 is 15.3 Å². The summed E-state index contributed by atoms with van der Waals surface area (Å²) in [6.45, 7) is 3.12. The van der Waals surface area contributed by atoms with Crippen molar-refractivity contribution in [3.8, 4) is 11.8 Å². The summed E-state index contributed by atoms with van der Waals surface area (Å²) in [5.41, 5.74) is 2.04. The van der Waals surface area contributed by atoms with E-state index in [1.807, 2.05) is 0 Å². The van der Waals surface area contributed by atoms with E-state index in [2.05, 4.69) is 22.3 Å². The molecule has 1 aliphatic heterocycles. The fraction of sp³-hybridized carbons (Fsp3) is 0.296. The molecule has 0 fully saturated rings. The first kappa shape index (κ1) is 27.3. The van der Waals surface area contributed by atoms with E-state index < -0.39 is 28.8 Å². The first-order valence-corrected chi connectivity index (χ1v) is 12.0. The standard InChI is InChI=1S/C27H24B3FN4O3/c1-26(2,38)12-11-18-3-6-20-7-10-22(24(36)35(23(20)14-18)27(28,29)30)33-25(37)34-16-19(15-32-34)13-17-4-8-21(31)9-5-17/h3-6,8-9,14-16,22,38H,7,10,13H2,1-2H3,(H,33,37)/t22-/m0/s1. The maximum Gasteiger partial charge on any atom is 0.342 e. The number of halogens is 1. The van der Waals surface area contributed by atoms with Crippen LogP contribution >= 0.6 is 0 Å². The monoisotopic (exact) mass is 504 g/mol. The number of carbonyl (C=O) groups is 2. The fourth-order valence-corrected chi connectivity index (χ4v) is 4.13. The number of aliphatic hydroxyl groups is 1. The van der Waals surface area contributed by atoms with Crippen LogP contribution in [-0.2, 0) is 17.6 Å². The highest BCUT2D eigenvalue weighted by molar-refractivity contribution is 6.62. The molecule has 4 rings (SSSR count). The van der Waals surface area contributed by atoms with Gasteiger partial charge in [0.05, 0.1) is 29.7 Å². The third-order valence-corrected chi connectivity index (χ3v) is 5.91. The number of anilines is 1. The Morgan fingerprint density at radius 2 is 1.89 bits per heavy atom. The van der Waals surface area contributed by atoms with Crippen LogP contribution in [0.1, 0.15) is 42.5 Å². The summed E-state index contributed by atoms with van der Waals surface area (Å²) in [6.07, 6.45) is 4.21. The predicted octanol–water partition coefficient (Wildman–Crippen LogP) is 1.76. The van der Waals surface area contributed by atoms with E-state index in [4.69, 9.17) is 23.5 Å². The number of carbonyl (C=O) groups excluding carboxylic acids is 2. The molecule has 186 valence electrons. The average Bonchev–Trinajstić information content (AvgIpc) is 3.24. The van der Waals surface area contributed by atoms with E-state index >= 15 is 0 Å². The molecule has 0 bridgehead atoms. The number of hydrogen-bond donors (Lipinski definition) is 2. The van der Waals surface area contributed by atoms with Crippen LogP contribution in [0.3, 0.4) is 0 Å². The molecule has 11 heteroatoms. The lowest BCUT2D eigenvalue weighted by atomic mass is 9.48. The predicted molar refractivity (Wildman–Crippen MR) is 145 cm³/mol. The van der Waals surface area contributed by atoms with Gasteiger partial charge in [0.15, 0.2) is 0 Å². The van der Waals surface area contributed by atoms with Gasteiger partial charge in [-0.05, 0) is 67.6 Å². The minimum Gasteiger partial charge on any atom is -0.378 e. The molecule has 2 N–H and O–H groups in total. The van der Waals surface area contributed by atoms with Gasteiger partial charge in [-0.2, -0.15) is 9.78 Å². The van der Waals surface area contributed by atoms with Gasteiger partial charge in [-0.25, -0.2) is 9.18 Å². The second-order valence-corrected chi connectivity index (χ2v) is 9.85. The molecule has 0 spiro atoms. The Hall–Kier alpha value is -3.77. The lowest BCUT2D eigenvalue weighted by molar-refractivity contribution is -0.120. The number of hydrogen-bond acceptors (Lipinski definition) is 4. The molecule has 0 saturated carbocycles. The summed E-state index contributed by atoms with van der Waals surface area (Å²) < 4.78 is 14.3. The summed E-state index contributed by atoms with van der Waals surface area (Å²) >= 11 is 0. The molecule has 0 saturated heterocycles. The van der Waals surface area contributed by atoms with Crippen molar-refractivity contribution in [3.63, 3.8) is 0 Å². The number of aryl methyl sites for hydroxylation is 1.